The molecule has 0 saturated carbocycles. The number of ether oxygens (including phenoxy) is 2. The van der Waals surface area contributed by atoms with Crippen molar-refractivity contribution in [2.75, 3.05) is 21.3 Å². The lowest BCUT2D eigenvalue weighted by Gasteiger charge is -2.52. The number of likely N-dealkylation sites (N-methyl/N-ethyl adjacent to an activating group) is 1. The van der Waals surface area contributed by atoms with E-state index in [4.69, 9.17) is 9.47 Å². The SMILES string of the molecule is COc1ccc(CC2(Cc3ccc(OC)cc3)C(=O)N(C)C2C=O)cc1. The first-order chi connectivity index (χ1) is 12.5. The lowest BCUT2D eigenvalue weighted by Crippen LogP contribution is -2.69. The van der Waals surface area contributed by atoms with Crippen molar-refractivity contribution in [2.24, 2.45) is 5.41 Å². The van der Waals surface area contributed by atoms with E-state index in [0.29, 0.717) is 12.8 Å². The second-order valence-corrected chi connectivity index (χ2v) is 6.70. The van der Waals surface area contributed by atoms with E-state index in [1.165, 1.54) is 4.90 Å². The van der Waals surface area contributed by atoms with Crippen LogP contribution in [0.15, 0.2) is 48.5 Å². The van der Waals surface area contributed by atoms with E-state index in [-0.39, 0.29) is 5.91 Å². The normalized spacial score (nSPS) is 18.2. The van der Waals surface area contributed by atoms with E-state index in [1.54, 1.807) is 21.3 Å². The molecule has 1 heterocycles. The van der Waals surface area contributed by atoms with E-state index >= 15 is 0 Å². The predicted octanol–water partition coefficient (Wildman–Crippen LogP) is 2.51. The highest BCUT2D eigenvalue weighted by Gasteiger charge is 2.58. The largest absolute Gasteiger partial charge is 0.497 e. The van der Waals surface area contributed by atoms with Crippen molar-refractivity contribution in [1.29, 1.82) is 0 Å². The minimum Gasteiger partial charge on any atom is -0.497 e. The van der Waals surface area contributed by atoms with Crippen molar-refractivity contribution in [3.8, 4) is 11.5 Å². The summed E-state index contributed by atoms with van der Waals surface area (Å²) in [5, 5.41) is 0. The number of nitrogens with zero attached hydrogens (tertiary/aromatic N) is 1. The number of carbonyl (C=O) groups excluding carboxylic acids is 2. The van der Waals surface area contributed by atoms with Gasteiger partial charge >= 0.3 is 0 Å². The first-order valence-corrected chi connectivity index (χ1v) is 8.52. The summed E-state index contributed by atoms with van der Waals surface area (Å²) in [6.07, 6.45) is 1.90. The zero-order valence-electron chi connectivity index (χ0n) is 15.3. The fourth-order valence-electron chi connectivity index (χ4n) is 3.77. The first kappa shape index (κ1) is 18.0. The van der Waals surface area contributed by atoms with E-state index in [1.807, 2.05) is 48.5 Å². The molecule has 3 rings (SSSR count). The van der Waals surface area contributed by atoms with Crippen molar-refractivity contribution < 1.29 is 19.1 Å². The van der Waals surface area contributed by atoms with E-state index < -0.39 is 11.5 Å². The number of amides is 1. The Balaban J connectivity index is 1.91. The fourth-order valence-corrected chi connectivity index (χ4v) is 3.77. The molecule has 1 amide bonds. The molecule has 1 fully saturated rings. The van der Waals surface area contributed by atoms with Gasteiger partial charge in [0.2, 0.25) is 5.91 Å². The molecule has 5 nitrogen and oxygen atoms in total. The van der Waals surface area contributed by atoms with Crippen LogP contribution in [0.4, 0.5) is 0 Å². The topological polar surface area (TPSA) is 55.8 Å². The molecular formula is C21H23NO4. The van der Waals surface area contributed by atoms with Crippen LogP contribution < -0.4 is 9.47 Å². The standard InChI is InChI=1S/C21H23NO4/c1-22-19(14-23)21(20(22)24,12-15-4-8-17(25-2)9-5-15)13-16-6-10-18(26-3)11-7-16/h4-11,14,19H,12-13H2,1-3H3. The average molecular weight is 353 g/mol. The number of β-lactam (4-membered cyclic amide) rings is 1. The van der Waals surface area contributed by atoms with Crippen molar-refractivity contribution in [2.45, 2.75) is 18.9 Å². The number of methoxy groups -OCH3 is 2. The second kappa shape index (κ2) is 7.20. The maximum Gasteiger partial charge on any atom is 0.232 e. The average Bonchev–Trinajstić information content (AvgIpc) is 2.69. The zero-order chi connectivity index (χ0) is 18.7. The van der Waals surface area contributed by atoms with Gasteiger partial charge in [0.05, 0.1) is 19.6 Å². The lowest BCUT2D eigenvalue weighted by atomic mass is 9.64. The lowest BCUT2D eigenvalue weighted by molar-refractivity contribution is -0.170. The molecule has 1 aliphatic heterocycles. The Kier molecular flexibility index (Phi) is 4.98. The number of benzene rings is 2. The molecule has 1 aliphatic rings. The highest BCUT2D eigenvalue weighted by Crippen LogP contribution is 2.43. The summed E-state index contributed by atoms with van der Waals surface area (Å²) >= 11 is 0. The maximum atomic E-state index is 12.8. The minimum absolute atomic E-state index is 0.00114. The molecule has 1 unspecified atom stereocenters. The van der Waals surface area contributed by atoms with Crippen molar-refractivity contribution >= 4 is 12.2 Å². The van der Waals surface area contributed by atoms with Gasteiger partial charge in [0, 0.05) is 7.05 Å². The summed E-state index contributed by atoms with van der Waals surface area (Å²) in [6, 6.07) is 14.9. The predicted molar refractivity (Wildman–Crippen MR) is 98.5 cm³/mol. The Morgan fingerprint density at radius 3 is 1.69 bits per heavy atom. The number of carbonyl (C=O) groups is 2. The molecule has 0 bridgehead atoms. The van der Waals surface area contributed by atoms with Gasteiger partial charge in [-0.05, 0) is 48.2 Å². The third kappa shape index (κ3) is 3.05. The van der Waals surface area contributed by atoms with Crippen molar-refractivity contribution in [3.05, 3.63) is 59.7 Å². The van der Waals surface area contributed by atoms with Gasteiger partial charge in [-0.2, -0.15) is 0 Å². The van der Waals surface area contributed by atoms with Crippen LogP contribution in [0.2, 0.25) is 0 Å². The van der Waals surface area contributed by atoms with Gasteiger partial charge < -0.3 is 19.2 Å². The molecule has 136 valence electrons. The number of rotatable bonds is 7. The molecule has 0 N–H and O–H groups in total. The van der Waals surface area contributed by atoms with Gasteiger partial charge in [-0.25, -0.2) is 0 Å². The summed E-state index contributed by atoms with van der Waals surface area (Å²) in [6.45, 7) is 0. The molecular weight excluding hydrogens is 330 g/mol. The van der Waals surface area contributed by atoms with Crippen LogP contribution in [0.3, 0.4) is 0 Å². The summed E-state index contributed by atoms with van der Waals surface area (Å²) in [5.41, 5.74) is 1.26. The van der Waals surface area contributed by atoms with Crippen molar-refractivity contribution in [3.63, 3.8) is 0 Å². The molecule has 0 aromatic heterocycles. The molecule has 1 atom stereocenters. The monoisotopic (exact) mass is 353 g/mol. The van der Waals surface area contributed by atoms with Gasteiger partial charge in [0.15, 0.2) is 0 Å². The van der Waals surface area contributed by atoms with Gasteiger partial charge in [-0.1, -0.05) is 24.3 Å². The second-order valence-electron chi connectivity index (χ2n) is 6.70. The maximum absolute atomic E-state index is 12.8. The Morgan fingerprint density at radius 1 is 0.923 bits per heavy atom. The third-order valence-electron chi connectivity index (χ3n) is 5.22. The minimum atomic E-state index is -0.750. The molecule has 5 heteroatoms. The molecule has 26 heavy (non-hydrogen) atoms. The smallest absolute Gasteiger partial charge is 0.232 e. The molecule has 1 saturated heterocycles. The molecule has 0 aliphatic carbocycles. The van der Waals surface area contributed by atoms with Crippen LogP contribution in [0.5, 0.6) is 11.5 Å². The molecule has 0 spiro atoms. The van der Waals surface area contributed by atoms with Crippen molar-refractivity contribution in [1.82, 2.24) is 4.90 Å². The number of hydrogen-bond acceptors (Lipinski definition) is 4. The summed E-state index contributed by atoms with van der Waals surface area (Å²) in [5.74, 6) is 1.53. The van der Waals surface area contributed by atoms with E-state index in [0.717, 1.165) is 28.9 Å². The van der Waals surface area contributed by atoms with Gasteiger partial charge in [-0.15, -0.1) is 0 Å². The van der Waals surface area contributed by atoms with Crippen LogP contribution in [0.25, 0.3) is 0 Å². The quantitative estimate of drug-likeness (QED) is 0.567. The van der Waals surface area contributed by atoms with Crippen LogP contribution in [0.1, 0.15) is 11.1 Å². The number of likely N-dealkylation sites (tertiary alicyclic amines) is 1. The summed E-state index contributed by atoms with van der Waals surface area (Å²) in [7, 11) is 4.92. The van der Waals surface area contributed by atoms with Gasteiger partial charge in [0.1, 0.15) is 23.8 Å². The first-order valence-electron chi connectivity index (χ1n) is 8.52. The molecule has 2 aromatic carbocycles. The highest BCUT2D eigenvalue weighted by atomic mass is 16.5. The summed E-state index contributed by atoms with van der Waals surface area (Å²) in [4.78, 5) is 26.1. The third-order valence-corrected chi connectivity index (χ3v) is 5.22. The van der Waals surface area contributed by atoms with E-state index in [2.05, 4.69) is 0 Å². The number of hydrogen-bond donors (Lipinski definition) is 0. The van der Waals surface area contributed by atoms with Crippen LogP contribution in [0, 0.1) is 5.41 Å². The Bertz CT molecular complexity index is 733. The van der Waals surface area contributed by atoms with Gasteiger partial charge in [-0.3, -0.25) is 4.79 Å². The van der Waals surface area contributed by atoms with Crippen LogP contribution in [-0.4, -0.2) is 44.4 Å². The molecule has 0 radical (unpaired) electrons. The zero-order valence-corrected chi connectivity index (χ0v) is 15.3. The molecule has 2 aromatic rings. The van der Waals surface area contributed by atoms with E-state index in [9.17, 15) is 9.59 Å². The fraction of sp³-hybridized carbons (Fsp3) is 0.333. The Hall–Kier alpha value is -2.82. The Morgan fingerprint density at radius 2 is 1.35 bits per heavy atom. The number of aldehydes is 1. The highest BCUT2D eigenvalue weighted by molar-refractivity contribution is 5.97. The van der Waals surface area contributed by atoms with Crippen LogP contribution in [-0.2, 0) is 22.4 Å². The van der Waals surface area contributed by atoms with Gasteiger partial charge in [0.25, 0.3) is 0 Å². The Labute approximate surface area is 153 Å². The van der Waals surface area contributed by atoms with Crippen LogP contribution >= 0.6 is 0 Å². The summed E-state index contributed by atoms with van der Waals surface area (Å²) < 4.78 is 10.4.